The van der Waals surface area contributed by atoms with Crippen LogP contribution in [0.3, 0.4) is 0 Å². The summed E-state index contributed by atoms with van der Waals surface area (Å²) in [6.07, 6.45) is 6.16. The Hall–Kier alpha value is -2.90. The van der Waals surface area contributed by atoms with Crippen molar-refractivity contribution in [1.82, 2.24) is 20.0 Å². The highest BCUT2D eigenvalue weighted by molar-refractivity contribution is 5.94. The van der Waals surface area contributed by atoms with Gasteiger partial charge >= 0.3 is 0 Å². The summed E-state index contributed by atoms with van der Waals surface area (Å²) in [5, 5.41) is 8.47. The van der Waals surface area contributed by atoms with Gasteiger partial charge in [-0.05, 0) is 61.4 Å². The van der Waals surface area contributed by atoms with Crippen LogP contribution in [0, 0.1) is 5.92 Å². The monoisotopic (exact) mass is 462 g/mol. The van der Waals surface area contributed by atoms with Crippen LogP contribution in [0.1, 0.15) is 35.2 Å². The second-order valence-electron chi connectivity index (χ2n) is 9.37. The highest BCUT2D eigenvalue weighted by atomic mass is 16.5. The van der Waals surface area contributed by atoms with Gasteiger partial charge in [-0.25, -0.2) is 0 Å². The van der Waals surface area contributed by atoms with Gasteiger partial charge in [0.1, 0.15) is 12.4 Å². The lowest BCUT2D eigenvalue weighted by molar-refractivity contribution is 0.0322. The maximum Gasteiger partial charge on any atom is 0.253 e. The molecule has 5 rings (SSSR count). The lowest BCUT2D eigenvalue weighted by Gasteiger charge is -2.26. The van der Waals surface area contributed by atoms with Gasteiger partial charge in [0.05, 0.1) is 24.9 Å². The third-order valence-electron chi connectivity index (χ3n) is 7.08. The topological polar surface area (TPSA) is 70.7 Å². The van der Waals surface area contributed by atoms with E-state index in [0.29, 0.717) is 18.1 Å². The summed E-state index contributed by atoms with van der Waals surface area (Å²) in [4.78, 5) is 17.6. The second-order valence-corrected chi connectivity index (χ2v) is 9.37. The summed E-state index contributed by atoms with van der Waals surface area (Å²) in [5.74, 6) is 1.45. The number of morpholine rings is 1. The molecule has 180 valence electrons. The molecule has 2 aliphatic rings. The first-order valence-electron chi connectivity index (χ1n) is 12.5. The third kappa shape index (κ3) is 5.59. The van der Waals surface area contributed by atoms with E-state index in [9.17, 15) is 4.79 Å². The van der Waals surface area contributed by atoms with Gasteiger partial charge in [0.25, 0.3) is 5.91 Å². The van der Waals surface area contributed by atoms with Crippen molar-refractivity contribution in [3.8, 4) is 5.75 Å². The van der Waals surface area contributed by atoms with Gasteiger partial charge < -0.3 is 14.4 Å². The lowest BCUT2D eigenvalue weighted by Crippen LogP contribution is -2.38. The molecule has 0 bridgehead atoms. The molecule has 0 radical (unpaired) electrons. The van der Waals surface area contributed by atoms with Crippen LogP contribution in [0.2, 0.25) is 0 Å². The second kappa shape index (κ2) is 11.0. The summed E-state index contributed by atoms with van der Waals surface area (Å²) in [7, 11) is 0. The van der Waals surface area contributed by atoms with Gasteiger partial charge in [0, 0.05) is 43.7 Å². The number of aromatic amines is 1. The number of likely N-dealkylation sites (tertiary alicyclic amines) is 1. The number of carbonyl (C=O) groups excluding carboxylic acids is 1. The van der Waals surface area contributed by atoms with Crippen LogP contribution < -0.4 is 4.74 Å². The zero-order valence-electron chi connectivity index (χ0n) is 19.7. The molecule has 2 saturated heterocycles. The summed E-state index contributed by atoms with van der Waals surface area (Å²) in [5.41, 5.74) is 3.15. The molecule has 0 saturated carbocycles. The van der Waals surface area contributed by atoms with Gasteiger partial charge in [0.2, 0.25) is 0 Å². The number of aromatic nitrogens is 2. The lowest BCUT2D eigenvalue weighted by atomic mass is 9.91. The van der Waals surface area contributed by atoms with Crippen LogP contribution in [0.15, 0.2) is 48.7 Å². The normalized spacial score (nSPS) is 19.8. The molecule has 3 heterocycles. The Bertz CT molecular complexity index is 1090. The number of hydrogen-bond donors (Lipinski definition) is 1. The van der Waals surface area contributed by atoms with Gasteiger partial charge in [0.15, 0.2) is 0 Å². The fourth-order valence-electron chi connectivity index (χ4n) is 5.11. The number of carbonyl (C=O) groups is 1. The predicted molar refractivity (Wildman–Crippen MR) is 132 cm³/mol. The van der Waals surface area contributed by atoms with Crippen molar-refractivity contribution in [2.45, 2.75) is 25.7 Å². The Kier molecular flexibility index (Phi) is 7.41. The van der Waals surface area contributed by atoms with Crippen LogP contribution >= 0.6 is 0 Å². The third-order valence-corrected chi connectivity index (χ3v) is 7.08. The minimum absolute atomic E-state index is 0.108. The maximum atomic E-state index is 13.3. The van der Waals surface area contributed by atoms with E-state index >= 15 is 0 Å². The standard InChI is InChI=1S/C27H34N4O3/c32-27(23-6-1-7-24(19-23)34-17-14-30-12-15-33-16-13-30)31-10-3-4-21(9-11-31)18-22-5-2-8-26-25(22)20-28-29-26/h1-2,5-8,19-21H,3-4,9-18H2,(H,28,29)/t21-/m1/s1. The Morgan fingerprint density at radius 3 is 2.88 bits per heavy atom. The molecule has 2 aliphatic heterocycles. The van der Waals surface area contributed by atoms with Crippen molar-refractivity contribution in [3.05, 3.63) is 59.8 Å². The number of nitrogens with zero attached hydrogens (tertiary/aromatic N) is 3. The van der Waals surface area contributed by atoms with Crippen molar-refractivity contribution in [2.75, 3.05) is 52.5 Å². The molecule has 1 N–H and O–H groups in total. The number of fused-ring (bicyclic) bond motifs is 1. The van der Waals surface area contributed by atoms with Gasteiger partial charge in [-0.3, -0.25) is 14.8 Å². The highest BCUT2D eigenvalue weighted by Crippen LogP contribution is 2.26. The molecule has 0 unspecified atom stereocenters. The van der Waals surface area contributed by atoms with Crippen molar-refractivity contribution in [1.29, 1.82) is 0 Å². The smallest absolute Gasteiger partial charge is 0.253 e. The number of benzene rings is 2. The Morgan fingerprint density at radius 1 is 1.09 bits per heavy atom. The number of ether oxygens (including phenoxy) is 2. The minimum Gasteiger partial charge on any atom is -0.492 e. The molecule has 0 spiro atoms. The molecule has 7 nitrogen and oxygen atoms in total. The van der Waals surface area contributed by atoms with Crippen LogP contribution in [-0.2, 0) is 11.2 Å². The van der Waals surface area contributed by atoms with Crippen LogP contribution in [0.5, 0.6) is 5.75 Å². The predicted octanol–water partition coefficient (Wildman–Crippen LogP) is 3.76. The summed E-state index contributed by atoms with van der Waals surface area (Å²) >= 11 is 0. The number of rotatable bonds is 7. The van der Waals surface area contributed by atoms with E-state index in [1.54, 1.807) is 0 Å². The summed E-state index contributed by atoms with van der Waals surface area (Å²) < 4.78 is 11.4. The van der Waals surface area contributed by atoms with Gasteiger partial charge in [-0.15, -0.1) is 0 Å². The van der Waals surface area contributed by atoms with E-state index < -0.39 is 0 Å². The molecule has 2 fully saturated rings. The zero-order valence-corrected chi connectivity index (χ0v) is 19.7. The number of amides is 1. The fourth-order valence-corrected chi connectivity index (χ4v) is 5.11. The van der Waals surface area contributed by atoms with E-state index in [-0.39, 0.29) is 5.91 Å². The molecule has 0 aliphatic carbocycles. The molecular formula is C27H34N4O3. The average Bonchev–Trinajstić information content (AvgIpc) is 3.25. The van der Waals surface area contributed by atoms with Crippen molar-refractivity contribution in [2.24, 2.45) is 5.92 Å². The largest absolute Gasteiger partial charge is 0.492 e. The van der Waals surface area contributed by atoms with Crippen molar-refractivity contribution in [3.63, 3.8) is 0 Å². The Balaban J connectivity index is 1.15. The number of nitrogens with one attached hydrogen (secondary N) is 1. The Morgan fingerprint density at radius 2 is 1.97 bits per heavy atom. The SMILES string of the molecule is O=C(c1cccc(OCCN2CCOCC2)c1)N1CCC[C@@H](Cc2cccc3[nH]ncc23)CC1. The molecule has 7 heteroatoms. The van der Waals surface area contributed by atoms with Crippen molar-refractivity contribution >= 4 is 16.8 Å². The van der Waals surface area contributed by atoms with Crippen molar-refractivity contribution < 1.29 is 14.3 Å². The van der Waals surface area contributed by atoms with E-state index in [1.807, 2.05) is 35.4 Å². The molecule has 3 aromatic rings. The van der Waals surface area contributed by atoms with Crippen LogP contribution in [0.25, 0.3) is 10.9 Å². The molecule has 1 atom stereocenters. The molecule has 2 aromatic carbocycles. The summed E-state index contributed by atoms with van der Waals surface area (Å²) in [6, 6.07) is 14.0. The minimum atomic E-state index is 0.108. The van der Waals surface area contributed by atoms with Crippen LogP contribution in [0.4, 0.5) is 0 Å². The molecule has 1 aromatic heterocycles. The first kappa shape index (κ1) is 22.9. The quantitative estimate of drug-likeness (QED) is 0.579. The first-order valence-corrected chi connectivity index (χ1v) is 12.5. The maximum absolute atomic E-state index is 13.3. The van der Waals surface area contributed by atoms with E-state index in [2.05, 4.69) is 33.3 Å². The number of hydrogen-bond acceptors (Lipinski definition) is 5. The van der Waals surface area contributed by atoms with Crippen LogP contribution in [-0.4, -0.2) is 78.4 Å². The van der Waals surface area contributed by atoms with E-state index in [0.717, 1.165) is 82.9 Å². The fraction of sp³-hybridized carbons (Fsp3) is 0.481. The zero-order chi connectivity index (χ0) is 23.2. The Labute approximate surface area is 201 Å². The highest BCUT2D eigenvalue weighted by Gasteiger charge is 2.23. The van der Waals surface area contributed by atoms with Gasteiger partial charge in [-0.2, -0.15) is 5.10 Å². The molecule has 1 amide bonds. The van der Waals surface area contributed by atoms with E-state index in [1.165, 1.54) is 10.9 Å². The van der Waals surface area contributed by atoms with Gasteiger partial charge in [-0.1, -0.05) is 18.2 Å². The molecule has 34 heavy (non-hydrogen) atoms. The first-order chi connectivity index (χ1) is 16.8. The average molecular weight is 463 g/mol. The van der Waals surface area contributed by atoms with E-state index in [4.69, 9.17) is 9.47 Å². The summed E-state index contributed by atoms with van der Waals surface area (Å²) in [6.45, 7) is 6.60. The molecular weight excluding hydrogens is 428 g/mol. The number of H-pyrrole nitrogens is 1.